The minimum atomic E-state index is -0.665. The van der Waals surface area contributed by atoms with Crippen LogP contribution in [0.4, 0.5) is 0 Å². The molecule has 0 aromatic rings. The van der Waals surface area contributed by atoms with Crippen molar-refractivity contribution in [3.05, 3.63) is 12.2 Å². The number of hydrogen-bond donors (Lipinski definition) is 0. The first-order chi connectivity index (χ1) is 5.13. The van der Waals surface area contributed by atoms with Crippen molar-refractivity contribution in [3.8, 4) is 0 Å². The van der Waals surface area contributed by atoms with Gasteiger partial charge in [0.2, 0.25) is 0 Å². The lowest BCUT2D eigenvalue weighted by atomic mass is 10.1. The second-order valence-electron chi connectivity index (χ2n) is 2.71. The molecule has 1 atom stereocenters. The van der Waals surface area contributed by atoms with Gasteiger partial charge < -0.3 is 4.43 Å². The molecule has 0 aliphatic carbocycles. The Morgan fingerprint density at radius 2 is 2.27 bits per heavy atom. The van der Waals surface area contributed by atoms with Crippen molar-refractivity contribution in [1.29, 1.82) is 0 Å². The normalized spacial score (nSPS) is 13.7. The van der Waals surface area contributed by atoms with E-state index in [0.717, 1.165) is 6.42 Å². The van der Waals surface area contributed by atoms with Crippen LogP contribution < -0.4 is 0 Å². The molecule has 0 spiro atoms. The molecule has 0 heterocycles. The highest BCUT2D eigenvalue weighted by Crippen LogP contribution is 2.14. The lowest BCUT2D eigenvalue weighted by molar-refractivity contribution is -0.115. The number of Topliss-reactive ketones (excluding diaryl/α,β-unsaturated/α-hetero) is 1. The number of rotatable bonds is 5. The van der Waals surface area contributed by atoms with Gasteiger partial charge in [0.15, 0.2) is 15.5 Å². The molecule has 0 amide bonds. The fourth-order valence-electron chi connectivity index (χ4n) is 0.929. The molecule has 0 rings (SSSR count). The average molecular weight is 172 g/mol. The summed E-state index contributed by atoms with van der Waals surface area (Å²) < 4.78 is 5.04. The van der Waals surface area contributed by atoms with Gasteiger partial charge >= 0.3 is 0 Å². The van der Waals surface area contributed by atoms with Crippen LogP contribution in [0.5, 0.6) is 0 Å². The van der Waals surface area contributed by atoms with E-state index in [4.69, 9.17) is 4.43 Å². The molecule has 0 aliphatic heterocycles. The summed E-state index contributed by atoms with van der Waals surface area (Å²) in [7, 11) is 1.00. The van der Waals surface area contributed by atoms with Gasteiger partial charge in [0.05, 0.1) is 0 Å². The number of carbonyl (C=O) groups excluding carboxylic acids is 1. The fraction of sp³-hybridized carbons (Fsp3) is 0.625. The molecule has 0 N–H and O–H groups in total. The summed E-state index contributed by atoms with van der Waals surface area (Å²) in [6.07, 6.45) is 0.881. The van der Waals surface area contributed by atoms with Crippen LogP contribution in [0.25, 0.3) is 0 Å². The number of ketones is 1. The van der Waals surface area contributed by atoms with E-state index in [1.165, 1.54) is 0 Å². The second-order valence-corrected chi connectivity index (χ2v) is 4.60. The molecule has 0 radical (unpaired) electrons. The quantitative estimate of drug-likeness (QED) is 0.458. The van der Waals surface area contributed by atoms with Crippen LogP contribution in [0.15, 0.2) is 12.2 Å². The van der Waals surface area contributed by atoms with Crippen LogP contribution in [0.3, 0.4) is 0 Å². The maximum Gasteiger partial charge on any atom is 0.171 e. The Morgan fingerprint density at radius 1 is 1.73 bits per heavy atom. The Morgan fingerprint density at radius 3 is 2.55 bits per heavy atom. The lowest BCUT2D eigenvalue weighted by Crippen LogP contribution is -2.16. The van der Waals surface area contributed by atoms with Crippen LogP contribution in [0.1, 0.15) is 20.3 Å². The smallest absolute Gasteiger partial charge is 0.171 e. The molecule has 0 aliphatic rings. The zero-order chi connectivity index (χ0) is 8.85. The number of hydrogen-bond acceptors (Lipinski definition) is 2. The Balaban J connectivity index is 4.02. The van der Waals surface area contributed by atoms with E-state index >= 15 is 0 Å². The van der Waals surface area contributed by atoms with E-state index in [2.05, 4.69) is 6.58 Å². The first kappa shape index (κ1) is 10.6. The third-order valence-electron chi connectivity index (χ3n) is 1.65. The zero-order valence-electron chi connectivity index (χ0n) is 7.52. The standard InChI is InChI=1S/C8H16O2Si/c1-5-7(11-10-4)8(9)6(2)3/h7H,2,5,11H2,1,3-4H3. The minimum absolute atomic E-state index is 0.137. The zero-order valence-corrected chi connectivity index (χ0v) is 8.93. The third kappa shape index (κ3) is 3.48. The molecule has 0 saturated carbocycles. The van der Waals surface area contributed by atoms with Crippen molar-refractivity contribution in [2.24, 2.45) is 0 Å². The predicted octanol–water partition coefficient (Wildman–Crippen LogP) is 1.06. The van der Waals surface area contributed by atoms with Crippen LogP contribution >= 0.6 is 0 Å². The molecule has 3 heteroatoms. The summed E-state index contributed by atoms with van der Waals surface area (Å²) >= 11 is 0. The summed E-state index contributed by atoms with van der Waals surface area (Å²) in [4.78, 5) is 11.3. The topological polar surface area (TPSA) is 26.3 Å². The first-order valence-corrected chi connectivity index (χ1v) is 5.21. The van der Waals surface area contributed by atoms with Crippen molar-refractivity contribution in [2.45, 2.75) is 25.8 Å². The summed E-state index contributed by atoms with van der Waals surface area (Å²) in [6, 6.07) is 0. The summed E-state index contributed by atoms with van der Waals surface area (Å²) in [5.41, 5.74) is 0.791. The van der Waals surface area contributed by atoms with E-state index in [-0.39, 0.29) is 11.3 Å². The number of allylic oxidation sites excluding steroid dienone is 1. The van der Waals surface area contributed by atoms with Gasteiger partial charge in [0.1, 0.15) is 0 Å². The van der Waals surface area contributed by atoms with E-state index in [0.29, 0.717) is 5.57 Å². The molecule has 0 aromatic heterocycles. The van der Waals surface area contributed by atoms with Gasteiger partial charge in [0, 0.05) is 12.7 Å². The third-order valence-corrected chi connectivity index (χ3v) is 3.34. The molecule has 0 fully saturated rings. The average Bonchev–Trinajstić information content (AvgIpc) is 1.98. The van der Waals surface area contributed by atoms with Crippen LogP contribution in [0.2, 0.25) is 5.54 Å². The van der Waals surface area contributed by atoms with Crippen LogP contribution in [-0.2, 0) is 9.22 Å². The van der Waals surface area contributed by atoms with Crippen LogP contribution in [0, 0.1) is 0 Å². The maximum absolute atomic E-state index is 11.3. The van der Waals surface area contributed by atoms with E-state index in [1.54, 1.807) is 14.0 Å². The Hall–Kier alpha value is -0.413. The fourth-order valence-corrected chi connectivity index (χ4v) is 2.07. The van der Waals surface area contributed by atoms with Crippen molar-refractivity contribution in [1.82, 2.24) is 0 Å². The van der Waals surface area contributed by atoms with Crippen molar-refractivity contribution in [2.75, 3.05) is 7.11 Å². The second kappa shape index (κ2) is 5.27. The Bertz CT molecular complexity index is 154. The summed E-state index contributed by atoms with van der Waals surface area (Å²) in [5.74, 6) is 0.181. The van der Waals surface area contributed by atoms with Crippen molar-refractivity contribution in [3.63, 3.8) is 0 Å². The Kier molecular flexibility index (Phi) is 5.07. The largest absolute Gasteiger partial charge is 0.426 e. The molecule has 0 bridgehead atoms. The predicted molar refractivity (Wildman–Crippen MR) is 49.4 cm³/mol. The minimum Gasteiger partial charge on any atom is -0.426 e. The van der Waals surface area contributed by atoms with E-state index in [1.807, 2.05) is 6.92 Å². The monoisotopic (exact) mass is 172 g/mol. The van der Waals surface area contributed by atoms with Gasteiger partial charge in [-0.05, 0) is 18.9 Å². The molecular weight excluding hydrogens is 156 g/mol. The van der Waals surface area contributed by atoms with Crippen molar-refractivity contribution >= 4 is 15.5 Å². The SMILES string of the molecule is C=C(C)C(=O)C(CC)[SiH2]OC. The Labute approximate surface area is 70.6 Å². The van der Waals surface area contributed by atoms with Gasteiger partial charge in [-0.3, -0.25) is 4.79 Å². The van der Waals surface area contributed by atoms with Gasteiger partial charge in [-0.2, -0.15) is 0 Å². The molecule has 0 aromatic carbocycles. The highest BCUT2D eigenvalue weighted by atomic mass is 28.2. The van der Waals surface area contributed by atoms with Crippen LogP contribution in [-0.4, -0.2) is 22.7 Å². The maximum atomic E-state index is 11.3. The van der Waals surface area contributed by atoms with Gasteiger partial charge in [-0.1, -0.05) is 13.5 Å². The lowest BCUT2D eigenvalue weighted by Gasteiger charge is -2.10. The highest BCUT2D eigenvalue weighted by molar-refractivity contribution is 6.39. The molecular formula is C8H16O2Si. The first-order valence-electron chi connectivity index (χ1n) is 3.82. The molecule has 64 valence electrons. The van der Waals surface area contributed by atoms with Gasteiger partial charge in [0.25, 0.3) is 0 Å². The van der Waals surface area contributed by atoms with E-state index in [9.17, 15) is 4.79 Å². The highest BCUT2D eigenvalue weighted by Gasteiger charge is 2.16. The summed E-state index contributed by atoms with van der Waals surface area (Å²) in [5, 5.41) is 0. The van der Waals surface area contributed by atoms with Gasteiger partial charge in [-0.25, -0.2) is 0 Å². The molecule has 2 nitrogen and oxygen atoms in total. The molecule has 1 unspecified atom stereocenters. The van der Waals surface area contributed by atoms with Crippen molar-refractivity contribution < 1.29 is 9.22 Å². The van der Waals surface area contributed by atoms with E-state index < -0.39 is 9.76 Å². The molecule has 0 saturated heterocycles. The summed E-state index contributed by atoms with van der Waals surface area (Å²) in [6.45, 7) is 7.39. The number of carbonyl (C=O) groups is 1. The molecule has 11 heavy (non-hydrogen) atoms. The van der Waals surface area contributed by atoms with Gasteiger partial charge in [-0.15, -0.1) is 0 Å².